The topological polar surface area (TPSA) is 81.5 Å². The van der Waals surface area contributed by atoms with Crippen molar-refractivity contribution in [1.29, 1.82) is 0 Å². The summed E-state index contributed by atoms with van der Waals surface area (Å²) in [6, 6.07) is 6.60. The van der Waals surface area contributed by atoms with E-state index >= 15 is 0 Å². The van der Waals surface area contributed by atoms with Crippen LogP contribution in [0.4, 0.5) is 0 Å². The zero-order valence-electron chi connectivity index (χ0n) is 12.8. The predicted molar refractivity (Wildman–Crippen MR) is 90.1 cm³/mol. The van der Waals surface area contributed by atoms with Gasteiger partial charge in [-0.05, 0) is 18.4 Å². The molecule has 4 rings (SSSR count). The van der Waals surface area contributed by atoms with Gasteiger partial charge in [0.05, 0.1) is 18.3 Å². The number of nitrogens with zero attached hydrogens (tertiary/aromatic N) is 3. The van der Waals surface area contributed by atoms with Gasteiger partial charge in [-0.2, -0.15) is 5.10 Å². The molecular formula is C16H14N4O3S. The largest absolute Gasteiger partial charge is 0.463 e. The Balaban J connectivity index is 1.63. The Hall–Kier alpha value is -2.87. The number of nitrogens with one attached hydrogen (secondary N) is 1. The van der Waals surface area contributed by atoms with Gasteiger partial charge in [0.1, 0.15) is 17.9 Å². The van der Waals surface area contributed by atoms with Gasteiger partial charge in [-0.3, -0.25) is 14.0 Å². The van der Waals surface area contributed by atoms with Gasteiger partial charge in [0, 0.05) is 17.0 Å². The molecule has 0 fully saturated rings. The van der Waals surface area contributed by atoms with E-state index in [0.717, 1.165) is 10.4 Å². The van der Waals surface area contributed by atoms with E-state index < -0.39 is 6.04 Å². The summed E-state index contributed by atoms with van der Waals surface area (Å²) in [5.41, 5.74) is 1.48. The third-order valence-corrected chi connectivity index (χ3v) is 4.82. The molecule has 24 heavy (non-hydrogen) atoms. The van der Waals surface area contributed by atoms with Crippen molar-refractivity contribution in [2.75, 3.05) is 0 Å². The Morgan fingerprint density at radius 3 is 3.08 bits per heavy atom. The first-order chi connectivity index (χ1) is 11.6. The predicted octanol–water partition coefficient (Wildman–Crippen LogP) is 2.18. The molecule has 0 spiro atoms. The van der Waals surface area contributed by atoms with Crippen molar-refractivity contribution in [2.45, 2.75) is 19.5 Å². The number of carbonyl (C=O) groups excluding carboxylic acids is 1. The molecule has 0 aliphatic heterocycles. The summed E-state index contributed by atoms with van der Waals surface area (Å²) < 4.78 is 8.16. The van der Waals surface area contributed by atoms with Gasteiger partial charge in [0.15, 0.2) is 5.58 Å². The summed E-state index contributed by atoms with van der Waals surface area (Å²) in [5.74, 6) is -0.252. The van der Waals surface area contributed by atoms with E-state index in [0.29, 0.717) is 17.6 Å². The molecule has 4 heterocycles. The van der Waals surface area contributed by atoms with Crippen molar-refractivity contribution in [3.8, 4) is 0 Å². The van der Waals surface area contributed by atoms with Gasteiger partial charge >= 0.3 is 0 Å². The standard InChI is InChI=1S/C16H14N4O3S/c1-10(15(21)17-8-11-3-2-6-24-11)20-16(22)13-7-14-12(4-5-23-14)19(13)9-18-20/h2-7,9-10H,8H2,1H3,(H,17,21)/t10-/m1/s1. The lowest BCUT2D eigenvalue weighted by molar-refractivity contribution is -0.124. The van der Waals surface area contributed by atoms with Crippen LogP contribution in [0.2, 0.25) is 0 Å². The first-order valence-electron chi connectivity index (χ1n) is 7.41. The molecule has 0 aromatic carbocycles. The van der Waals surface area contributed by atoms with Crippen molar-refractivity contribution in [1.82, 2.24) is 19.5 Å². The molecule has 122 valence electrons. The van der Waals surface area contributed by atoms with E-state index in [1.807, 2.05) is 17.5 Å². The maximum atomic E-state index is 12.6. The molecule has 1 atom stereocenters. The molecule has 8 heteroatoms. The van der Waals surface area contributed by atoms with Crippen molar-refractivity contribution < 1.29 is 9.21 Å². The van der Waals surface area contributed by atoms with Crippen LogP contribution in [-0.2, 0) is 11.3 Å². The molecule has 0 radical (unpaired) electrons. The fourth-order valence-electron chi connectivity index (χ4n) is 2.63. The summed E-state index contributed by atoms with van der Waals surface area (Å²) in [7, 11) is 0. The minimum absolute atomic E-state index is 0.252. The second-order valence-electron chi connectivity index (χ2n) is 5.42. The third-order valence-electron chi connectivity index (χ3n) is 3.94. The number of carbonyl (C=O) groups is 1. The highest BCUT2D eigenvalue weighted by Crippen LogP contribution is 2.18. The van der Waals surface area contributed by atoms with Gasteiger partial charge in [0.2, 0.25) is 5.91 Å². The van der Waals surface area contributed by atoms with Crippen LogP contribution in [0.3, 0.4) is 0 Å². The van der Waals surface area contributed by atoms with Crippen molar-refractivity contribution in [3.05, 3.63) is 57.5 Å². The van der Waals surface area contributed by atoms with E-state index in [1.54, 1.807) is 41.1 Å². The highest BCUT2D eigenvalue weighted by Gasteiger charge is 2.19. The summed E-state index contributed by atoms with van der Waals surface area (Å²) in [4.78, 5) is 26.0. The van der Waals surface area contributed by atoms with E-state index in [9.17, 15) is 9.59 Å². The van der Waals surface area contributed by atoms with E-state index in [2.05, 4.69) is 10.4 Å². The number of hydrogen-bond donors (Lipinski definition) is 1. The van der Waals surface area contributed by atoms with E-state index in [4.69, 9.17) is 4.42 Å². The van der Waals surface area contributed by atoms with E-state index in [-0.39, 0.29) is 11.5 Å². The summed E-state index contributed by atoms with van der Waals surface area (Å²) >= 11 is 1.57. The maximum absolute atomic E-state index is 12.6. The van der Waals surface area contributed by atoms with Crippen LogP contribution in [0.5, 0.6) is 0 Å². The molecular weight excluding hydrogens is 328 g/mol. The number of thiophene rings is 1. The Bertz CT molecular complexity index is 1070. The average molecular weight is 342 g/mol. The molecule has 0 saturated carbocycles. The average Bonchev–Trinajstić information content (AvgIpc) is 3.29. The van der Waals surface area contributed by atoms with Crippen LogP contribution in [0, 0.1) is 0 Å². The van der Waals surface area contributed by atoms with E-state index in [1.165, 1.54) is 11.0 Å². The molecule has 1 N–H and O–H groups in total. The quantitative estimate of drug-likeness (QED) is 0.616. The Labute approximate surface area is 140 Å². The number of amides is 1. The zero-order chi connectivity index (χ0) is 16.7. The van der Waals surface area contributed by atoms with Gasteiger partial charge in [-0.15, -0.1) is 11.3 Å². The fourth-order valence-corrected chi connectivity index (χ4v) is 3.28. The lowest BCUT2D eigenvalue weighted by atomic mass is 10.3. The summed E-state index contributed by atoms with van der Waals surface area (Å²) in [5, 5.41) is 8.92. The Kier molecular flexibility index (Phi) is 3.46. The smallest absolute Gasteiger partial charge is 0.291 e. The van der Waals surface area contributed by atoms with Crippen LogP contribution in [0.1, 0.15) is 17.8 Å². The molecule has 0 bridgehead atoms. The van der Waals surface area contributed by atoms with Crippen LogP contribution >= 0.6 is 11.3 Å². The zero-order valence-corrected chi connectivity index (χ0v) is 13.6. The van der Waals surface area contributed by atoms with Gasteiger partial charge < -0.3 is 9.73 Å². The maximum Gasteiger partial charge on any atom is 0.291 e. The molecule has 7 nitrogen and oxygen atoms in total. The minimum Gasteiger partial charge on any atom is -0.463 e. The van der Waals surface area contributed by atoms with Crippen molar-refractivity contribution >= 4 is 33.9 Å². The van der Waals surface area contributed by atoms with Gasteiger partial charge in [0.25, 0.3) is 5.56 Å². The lowest BCUT2D eigenvalue weighted by Crippen LogP contribution is -2.37. The van der Waals surface area contributed by atoms with Crippen LogP contribution in [-0.4, -0.2) is 20.1 Å². The van der Waals surface area contributed by atoms with Gasteiger partial charge in [-0.25, -0.2) is 4.68 Å². The highest BCUT2D eigenvalue weighted by atomic mass is 32.1. The number of furan rings is 1. The molecule has 0 saturated heterocycles. The number of aromatic nitrogens is 3. The summed E-state index contributed by atoms with van der Waals surface area (Å²) in [6.07, 6.45) is 3.08. The van der Waals surface area contributed by atoms with Crippen LogP contribution in [0.25, 0.3) is 16.6 Å². The molecule has 0 unspecified atom stereocenters. The van der Waals surface area contributed by atoms with Gasteiger partial charge in [-0.1, -0.05) is 6.07 Å². The number of fused-ring (bicyclic) bond motifs is 3. The highest BCUT2D eigenvalue weighted by molar-refractivity contribution is 7.09. The van der Waals surface area contributed by atoms with Crippen LogP contribution < -0.4 is 10.9 Å². The van der Waals surface area contributed by atoms with Crippen molar-refractivity contribution in [3.63, 3.8) is 0 Å². The molecule has 1 amide bonds. The molecule has 0 aliphatic rings. The second kappa shape index (κ2) is 5.64. The third kappa shape index (κ3) is 2.31. The SMILES string of the molecule is C[C@H](C(=O)NCc1cccs1)n1ncn2c(cc3occc32)c1=O. The fraction of sp³-hybridized carbons (Fsp3) is 0.188. The number of hydrogen-bond acceptors (Lipinski definition) is 5. The summed E-state index contributed by atoms with van der Waals surface area (Å²) in [6.45, 7) is 2.09. The monoisotopic (exact) mass is 342 g/mol. The second-order valence-corrected chi connectivity index (χ2v) is 6.46. The lowest BCUT2D eigenvalue weighted by Gasteiger charge is -2.13. The van der Waals surface area contributed by atoms with Crippen LogP contribution in [0.15, 0.2) is 51.4 Å². The minimum atomic E-state index is -0.705. The Morgan fingerprint density at radius 2 is 2.29 bits per heavy atom. The normalized spacial score (nSPS) is 12.7. The molecule has 0 aliphatic carbocycles. The first kappa shape index (κ1) is 14.7. The van der Waals surface area contributed by atoms with Crippen molar-refractivity contribution in [2.24, 2.45) is 0 Å². The molecule has 4 aromatic rings. The molecule has 4 aromatic heterocycles. The first-order valence-corrected chi connectivity index (χ1v) is 8.29. The number of rotatable bonds is 4. The Morgan fingerprint density at radius 1 is 1.42 bits per heavy atom.